The van der Waals surface area contributed by atoms with Gasteiger partial charge in [-0.25, -0.2) is 13.2 Å². The summed E-state index contributed by atoms with van der Waals surface area (Å²) in [5, 5.41) is 15.4. The minimum Gasteiger partial charge on any atom is -0.504 e. The van der Waals surface area contributed by atoms with Crippen molar-refractivity contribution in [2.75, 3.05) is 5.32 Å². The lowest BCUT2D eigenvalue weighted by molar-refractivity contribution is 0.244. The summed E-state index contributed by atoms with van der Waals surface area (Å²) in [5.41, 5.74) is 1.07. The molecule has 0 bridgehead atoms. The highest BCUT2D eigenvalue weighted by atomic mass is 35.5. The van der Waals surface area contributed by atoms with Crippen LogP contribution in [0.4, 0.5) is 10.5 Å². The number of furan rings is 1. The van der Waals surface area contributed by atoms with Crippen LogP contribution in [0.5, 0.6) is 5.75 Å². The first-order chi connectivity index (χ1) is 13.9. The Morgan fingerprint density at radius 2 is 1.90 bits per heavy atom. The zero-order valence-corrected chi connectivity index (χ0v) is 17.4. The molecule has 1 aromatic carbocycles. The zero-order chi connectivity index (χ0) is 20.6. The van der Waals surface area contributed by atoms with Crippen molar-refractivity contribution >= 4 is 33.2 Å². The number of hydrogen-bond acceptors (Lipinski definition) is 5. The number of anilines is 1. The Kier molecular flexibility index (Phi) is 5.48. The third kappa shape index (κ3) is 3.83. The van der Waals surface area contributed by atoms with E-state index in [2.05, 4.69) is 10.6 Å². The van der Waals surface area contributed by atoms with Crippen LogP contribution in [0.1, 0.15) is 55.9 Å². The highest BCUT2D eigenvalue weighted by Crippen LogP contribution is 2.41. The van der Waals surface area contributed by atoms with Crippen molar-refractivity contribution in [1.29, 1.82) is 0 Å². The van der Waals surface area contributed by atoms with Crippen molar-refractivity contribution in [3.05, 3.63) is 40.8 Å². The molecule has 2 aliphatic rings. The van der Waals surface area contributed by atoms with Crippen LogP contribution in [0.2, 0.25) is 5.02 Å². The van der Waals surface area contributed by atoms with Crippen molar-refractivity contribution in [2.45, 2.75) is 61.1 Å². The van der Waals surface area contributed by atoms with E-state index in [0.29, 0.717) is 12.8 Å². The summed E-state index contributed by atoms with van der Waals surface area (Å²) in [6.07, 6.45) is 6.93. The number of hydrogen-bond donors (Lipinski definition) is 3. The maximum atomic E-state index is 13.0. The first kappa shape index (κ1) is 20.1. The van der Waals surface area contributed by atoms with Crippen molar-refractivity contribution in [2.24, 2.45) is 0 Å². The van der Waals surface area contributed by atoms with E-state index in [4.69, 9.17) is 16.0 Å². The van der Waals surface area contributed by atoms with Gasteiger partial charge in [-0.1, -0.05) is 24.4 Å². The second-order valence-electron chi connectivity index (χ2n) is 7.58. The van der Waals surface area contributed by atoms with E-state index < -0.39 is 26.9 Å². The number of aryl methyl sites for hydroxylation is 1. The standard InChI is InChI=1S/C20H23ClN2O5S/c21-14-8-9-15(17(24)19(14)29(26,27)13-5-1-2-6-13)22-20(25)23-16-7-3-4-12-10-11-28-18(12)16/h8-11,13,16,24H,1-7H2,(H2,22,23,25)/t16-/m1/s1. The highest BCUT2D eigenvalue weighted by Gasteiger charge is 2.35. The first-order valence-electron chi connectivity index (χ1n) is 9.77. The predicted octanol–water partition coefficient (Wildman–Crippen LogP) is 4.55. The molecule has 1 atom stereocenters. The molecular weight excluding hydrogens is 416 g/mol. The largest absolute Gasteiger partial charge is 0.504 e. The van der Waals surface area contributed by atoms with E-state index in [1.54, 1.807) is 6.26 Å². The van der Waals surface area contributed by atoms with Gasteiger partial charge in [-0.2, -0.15) is 0 Å². The molecule has 1 saturated carbocycles. The Bertz CT molecular complexity index is 1030. The quantitative estimate of drug-likeness (QED) is 0.606. The zero-order valence-electron chi connectivity index (χ0n) is 15.8. The number of benzene rings is 1. The highest BCUT2D eigenvalue weighted by molar-refractivity contribution is 7.92. The third-order valence-electron chi connectivity index (χ3n) is 5.70. The molecule has 0 aliphatic heterocycles. The number of fused-ring (bicyclic) bond motifs is 1. The van der Waals surface area contributed by atoms with Gasteiger partial charge in [-0.15, -0.1) is 0 Å². The van der Waals surface area contributed by atoms with Crippen LogP contribution >= 0.6 is 11.6 Å². The van der Waals surface area contributed by atoms with Crippen LogP contribution in [0, 0.1) is 0 Å². The molecule has 2 aromatic rings. The molecule has 1 heterocycles. The van der Waals surface area contributed by atoms with Gasteiger partial charge in [0.15, 0.2) is 15.6 Å². The maximum Gasteiger partial charge on any atom is 0.319 e. The summed E-state index contributed by atoms with van der Waals surface area (Å²) >= 11 is 6.12. The van der Waals surface area contributed by atoms with Gasteiger partial charge in [0.05, 0.1) is 28.3 Å². The number of halogens is 1. The molecule has 156 valence electrons. The minimum atomic E-state index is -3.79. The third-order valence-corrected chi connectivity index (χ3v) is 8.46. The van der Waals surface area contributed by atoms with Crippen molar-refractivity contribution < 1.29 is 22.7 Å². The number of phenols is 1. The second kappa shape index (κ2) is 7.91. The summed E-state index contributed by atoms with van der Waals surface area (Å²) in [4.78, 5) is 12.2. The molecular formula is C20H23ClN2O5S. The van der Waals surface area contributed by atoms with Gasteiger partial charge in [-0.3, -0.25) is 0 Å². The van der Waals surface area contributed by atoms with Gasteiger partial charge in [0.2, 0.25) is 0 Å². The molecule has 29 heavy (non-hydrogen) atoms. The van der Waals surface area contributed by atoms with Crippen LogP contribution in [-0.4, -0.2) is 24.8 Å². The number of amides is 2. The van der Waals surface area contributed by atoms with Gasteiger partial charge < -0.3 is 20.2 Å². The van der Waals surface area contributed by atoms with E-state index in [-0.39, 0.29) is 21.6 Å². The van der Waals surface area contributed by atoms with Gasteiger partial charge >= 0.3 is 6.03 Å². The number of rotatable bonds is 4. The van der Waals surface area contributed by atoms with Crippen LogP contribution in [-0.2, 0) is 16.3 Å². The molecule has 0 saturated heterocycles. The minimum absolute atomic E-state index is 0.000972. The lowest BCUT2D eigenvalue weighted by Gasteiger charge is -2.22. The lowest BCUT2D eigenvalue weighted by Crippen LogP contribution is -2.34. The molecule has 0 unspecified atom stereocenters. The Hall–Kier alpha value is -2.19. The van der Waals surface area contributed by atoms with Crippen molar-refractivity contribution in [1.82, 2.24) is 5.32 Å². The summed E-state index contributed by atoms with van der Waals surface area (Å²) < 4.78 is 31.4. The molecule has 0 radical (unpaired) electrons. The summed E-state index contributed by atoms with van der Waals surface area (Å²) in [6, 6.07) is 3.84. The van der Waals surface area contributed by atoms with Crippen LogP contribution in [0.3, 0.4) is 0 Å². The SMILES string of the molecule is O=C(Nc1ccc(Cl)c(S(=O)(=O)C2CCCC2)c1O)N[C@@H]1CCCc2ccoc21. The van der Waals surface area contributed by atoms with Gasteiger partial charge in [0.25, 0.3) is 0 Å². The molecule has 2 aliphatic carbocycles. The van der Waals surface area contributed by atoms with Crippen LogP contribution in [0.15, 0.2) is 33.8 Å². The molecule has 1 fully saturated rings. The van der Waals surface area contributed by atoms with Crippen molar-refractivity contribution in [3.63, 3.8) is 0 Å². The molecule has 2 amide bonds. The number of urea groups is 1. The second-order valence-corrected chi connectivity index (χ2v) is 10.1. The van der Waals surface area contributed by atoms with Gasteiger partial charge in [0.1, 0.15) is 10.7 Å². The van der Waals surface area contributed by atoms with E-state index >= 15 is 0 Å². The maximum absolute atomic E-state index is 13.0. The van der Waals surface area contributed by atoms with Crippen LogP contribution < -0.4 is 10.6 Å². The smallest absolute Gasteiger partial charge is 0.319 e. The van der Waals surface area contributed by atoms with E-state index in [1.165, 1.54) is 12.1 Å². The fraction of sp³-hybridized carbons (Fsp3) is 0.450. The molecule has 7 nitrogen and oxygen atoms in total. The van der Waals surface area contributed by atoms with E-state index in [9.17, 15) is 18.3 Å². The summed E-state index contributed by atoms with van der Waals surface area (Å²) in [7, 11) is -3.79. The summed E-state index contributed by atoms with van der Waals surface area (Å²) in [5.74, 6) is 0.207. The van der Waals surface area contributed by atoms with Gasteiger partial charge in [0, 0.05) is 0 Å². The molecule has 3 N–H and O–H groups in total. The molecule has 9 heteroatoms. The molecule has 1 aromatic heterocycles. The Balaban J connectivity index is 1.55. The number of carbonyl (C=O) groups is 1. The average molecular weight is 439 g/mol. The number of carbonyl (C=O) groups excluding carboxylic acids is 1. The summed E-state index contributed by atoms with van der Waals surface area (Å²) in [6.45, 7) is 0. The normalized spacial score (nSPS) is 19.7. The Morgan fingerprint density at radius 1 is 1.14 bits per heavy atom. The van der Waals surface area contributed by atoms with Crippen LogP contribution in [0.25, 0.3) is 0 Å². The number of aromatic hydroxyl groups is 1. The Labute approximate surface area is 174 Å². The number of nitrogens with one attached hydrogen (secondary N) is 2. The topological polar surface area (TPSA) is 109 Å². The van der Waals surface area contributed by atoms with Gasteiger partial charge in [-0.05, 0) is 55.9 Å². The monoisotopic (exact) mass is 438 g/mol. The first-order valence-corrected chi connectivity index (χ1v) is 11.7. The van der Waals surface area contributed by atoms with E-state index in [1.807, 2.05) is 6.07 Å². The fourth-order valence-electron chi connectivity index (χ4n) is 4.23. The average Bonchev–Trinajstić information content (AvgIpc) is 3.36. The van der Waals surface area contributed by atoms with E-state index in [0.717, 1.165) is 43.4 Å². The molecule has 4 rings (SSSR count). The lowest BCUT2D eigenvalue weighted by atomic mass is 9.94. The van der Waals surface area contributed by atoms with Crippen molar-refractivity contribution in [3.8, 4) is 5.75 Å². The Morgan fingerprint density at radius 3 is 2.66 bits per heavy atom. The predicted molar refractivity (Wildman–Crippen MR) is 109 cm³/mol. The molecule has 0 spiro atoms. The number of sulfone groups is 1. The number of phenolic OH excluding ortho intramolecular Hbond substituents is 1. The fourth-order valence-corrected chi connectivity index (χ4v) is 6.71.